The Bertz CT molecular complexity index is 1080. The van der Waals surface area contributed by atoms with E-state index < -0.39 is 0 Å². The molecule has 4 nitrogen and oxygen atoms in total. The molecule has 0 saturated carbocycles. The largest absolute Gasteiger partial charge is 0.278 e. The van der Waals surface area contributed by atoms with Gasteiger partial charge >= 0.3 is 0 Å². The Hall–Kier alpha value is -3.27. The molecule has 0 fully saturated rings. The molecular weight excluding hydrogens is 298 g/mol. The summed E-state index contributed by atoms with van der Waals surface area (Å²) >= 11 is 0. The van der Waals surface area contributed by atoms with Crippen LogP contribution in [0.4, 0.5) is 0 Å². The molecule has 0 N–H and O–H groups in total. The van der Waals surface area contributed by atoms with Crippen LogP contribution < -0.4 is 5.56 Å². The number of rotatable bonds is 2. The third kappa shape index (κ3) is 2.38. The molecule has 24 heavy (non-hydrogen) atoms. The van der Waals surface area contributed by atoms with Gasteiger partial charge in [0, 0.05) is 6.20 Å². The normalized spacial score (nSPS) is 10.9. The highest BCUT2D eigenvalue weighted by Gasteiger charge is 2.11. The van der Waals surface area contributed by atoms with Gasteiger partial charge in [-0.3, -0.25) is 9.36 Å². The number of hydrogen-bond acceptors (Lipinski definition) is 3. The number of benzene rings is 2. The molecule has 0 saturated heterocycles. The van der Waals surface area contributed by atoms with E-state index in [0.29, 0.717) is 16.9 Å². The SMILES string of the molecule is Cc1nc2cccnc2n(-c2cccc(-c3ccccc3)c2)c1=O. The summed E-state index contributed by atoms with van der Waals surface area (Å²) in [5.41, 5.74) is 4.54. The van der Waals surface area contributed by atoms with Gasteiger partial charge in [0.25, 0.3) is 5.56 Å². The monoisotopic (exact) mass is 313 g/mol. The van der Waals surface area contributed by atoms with E-state index in [1.807, 2.05) is 54.6 Å². The van der Waals surface area contributed by atoms with Crippen LogP contribution in [0.15, 0.2) is 77.7 Å². The minimum absolute atomic E-state index is 0.147. The van der Waals surface area contributed by atoms with Crippen LogP contribution >= 0.6 is 0 Å². The zero-order valence-electron chi connectivity index (χ0n) is 13.2. The van der Waals surface area contributed by atoms with Crippen LogP contribution in [-0.4, -0.2) is 14.5 Å². The minimum atomic E-state index is -0.147. The average molecular weight is 313 g/mol. The third-order valence-electron chi connectivity index (χ3n) is 3.99. The number of hydrogen-bond donors (Lipinski definition) is 0. The molecule has 0 amide bonds. The molecule has 4 heteroatoms. The third-order valence-corrected chi connectivity index (χ3v) is 3.99. The van der Waals surface area contributed by atoms with Crippen molar-refractivity contribution in [2.75, 3.05) is 0 Å². The summed E-state index contributed by atoms with van der Waals surface area (Å²) < 4.78 is 1.63. The van der Waals surface area contributed by atoms with Gasteiger partial charge in [-0.15, -0.1) is 0 Å². The highest BCUT2D eigenvalue weighted by molar-refractivity contribution is 5.73. The first-order chi connectivity index (χ1) is 11.7. The molecule has 2 aromatic heterocycles. The van der Waals surface area contributed by atoms with Crippen molar-refractivity contribution in [3.63, 3.8) is 0 Å². The first-order valence-corrected chi connectivity index (χ1v) is 7.74. The Kier molecular flexibility index (Phi) is 3.43. The Morgan fingerprint density at radius 2 is 1.67 bits per heavy atom. The van der Waals surface area contributed by atoms with E-state index in [-0.39, 0.29) is 5.56 Å². The molecule has 0 aliphatic heterocycles. The Balaban J connectivity index is 1.99. The first kappa shape index (κ1) is 14.3. The van der Waals surface area contributed by atoms with Gasteiger partial charge in [-0.05, 0) is 42.3 Å². The smallest absolute Gasteiger partial charge is 0.267 e. The standard InChI is InChI=1S/C20H15N3O/c1-14-20(24)23(19-18(22-14)11-6-12-21-19)17-10-5-9-16(13-17)15-7-3-2-4-8-15/h2-13H,1H3. The van der Waals surface area contributed by atoms with Crippen LogP contribution in [-0.2, 0) is 0 Å². The number of aromatic nitrogens is 3. The molecule has 0 aliphatic rings. The van der Waals surface area contributed by atoms with Crippen molar-refractivity contribution in [1.29, 1.82) is 0 Å². The van der Waals surface area contributed by atoms with Gasteiger partial charge in [0.15, 0.2) is 5.65 Å². The summed E-state index contributed by atoms with van der Waals surface area (Å²) in [7, 11) is 0. The maximum absolute atomic E-state index is 12.7. The van der Waals surface area contributed by atoms with E-state index in [0.717, 1.165) is 16.8 Å². The summed E-state index contributed by atoms with van der Waals surface area (Å²) in [6, 6.07) is 21.7. The quantitative estimate of drug-likeness (QED) is 0.566. The van der Waals surface area contributed by atoms with Crippen LogP contribution in [0, 0.1) is 6.92 Å². The molecule has 4 rings (SSSR count). The van der Waals surface area contributed by atoms with Gasteiger partial charge in [0.05, 0.1) is 5.69 Å². The number of nitrogens with zero attached hydrogens (tertiary/aromatic N) is 3. The zero-order chi connectivity index (χ0) is 16.5. The summed E-state index contributed by atoms with van der Waals surface area (Å²) in [5, 5.41) is 0. The predicted octanol–water partition coefficient (Wildman–Crippen LogP) is 3.76. The molecule has 2 heterocycles. The molecule has 0 bridgehead atoms. The van der Waals surface area contributed by atoms with E-state index in [9.17, 15) is 4.79 Å². The van der Waals surface area contributed by atoms with Gasteiger partial charge in [-0.2, -0.15) is 0 Å². The number of aryl methyl sites for hydroxylation is 1. The van der Waals surface area contributed by atoms with Gasteiger partial charge < -0.3 is 0 Å². The maximum Gasteiger partial charge on any atom is 0.278 e. The number of pyridine rings is 1. The van der Waals surface area contributed by atoms with E-state index >= 15 is 0 Å². The fourth-order valence-electron chi connectivity index (χ4n) is 2.83. The summed E-state index contributed by atoms with van der Waals surface area (Å²) in [6.07, 6.45) is 1.68. The fraction of sp³-hybridized carbons (Fsp3) is 0.0500. The summed E-state index contributed by atoms with van der Waals surface area (Å²) in [6.45, 7) is 1.73. The molecule has 2 aromatic carbocycles. The Morgan fingerprint density at radius 3 is 2.50 bits per heavy atom. The van der Waals surface area contributed by atoms with E-state index in [2.05, 4.69) is 22.1 Å². The van der Waals surface area contributed by atoms with Crippen molar-refractivity contribution >= 4 is 11.2 Å². The summed E-state index contributed by atoms with van der Waals surface area (Å²) in [5.74, 6) is 0. The van der Waals surface area contributed by atoms with Crippen LogP contribution in [0.3, 0.4) is 0 Å². The Labute approximate surface area is 139 Å². The molecule has 4 aromatic rings. The van der Waals surface area contributed by atoms with E-state index in [1.54, 1.807) is 17.7 Å². The van der Waals surface area contributed by atoms with Crippen LogP contribution in [0.5, 0.6) is 0 Å². The lowest BCUT2D eigenvalue weighted by atomic mass is 10.1. The predicted molar refractivity (Wildman–Crippen MR) is 95.3 cm³/mol. The highest BCUT2D eigenvalue weighted by Crippen LogP contribution is 2.22. The van der Waals surface area contributed by atoms with E-state index in [4.69, 9.17) is 0 Å². The topological polar surface area (TPSA) is 47.8 Å². The van der Waals surface area contributed by atoms with Crippen molar-refractivity contribution in [3.8, 4) is 16.8 Å². The lowest BCUT2D eigenvalue weighted by Gasteiger charge is -2.11. The van der Waals surface area contributed by atoms with Crippen LogP contribution in [0.25, 0.3) is 28.0 Å². The van der Waals surface area contributed by atoms with Crippen molar-refractivity contribution in [2.24, 2.45) is 0 Å². The molecule has 116 valence electrons. The zero-order valence-corrected chi connectivity index (χ0v) is 13.2. The number of fused-ring (bicyclic) bond motifs is 1. The fourth-order valence-corrected chi connectivity index (χ4v) is 2.83. The van der Waals surface area contributed by atoms with Crippen molar-refractivity contribution in [3.05, 3.63) is 89.0 Å². The van der Waals surface area contributed by atoms with Gasteiger partial charge in [0.1, 0.15) is 11.2 Å². The lowest BCUT2D eigenvalue weighted by Crippen LogP contribution is -2.23. The summed E-state index contributed by atoms with van der Waals surface area (Å²) in [4.78, 5) is 21.4. The molecule has 0 radical (unpaired) electrons. The lowest BCUT2D eigenvalue weighted by molar-refractivity contribution is 0.959. The molecule has 0 aliphatic carbocycles. The highest BCUT2D eigenvalue weighted by atomic mass is 16.1. The first-order valence-electron chi connectivity index (χ1n) is 7.74. The van der Waals surface area contributed by atoms with Crippen molar-refractivity contribution < 1.29 is 0 Å². The second-order valence-corrected chi connectivity index (χ2v) is 5.60. The average Bonchev–Trinajstić information content (AvgIpc) is 2.64. The van der Waals surface area contributed by atoms with Crippen molar-refractivity contribution in [2.45, 2.75) is 6.92 Å². The second kappa shape index (κ2) is 5.74. The molecule has 0 atom stereocenters. The van der Waals surface area contributed by atoms with Gasteiger partial charge in [-0.1, -0.05) is 42.5 Å². The molecule has 0 unspecified atom stereocenters. The van der Waals surface area contributed by atoms with E-state index in [1.165, 1.54) is 0 Å². The second-order valence-electron chi connectivity index (χ2n) is 5.60. The molecule has 0 spiro atoms. The maximum atomic E-state index is 12.7. The van der Waals surface area contributed by atoms with Crippen LogP contribution in [0.1, 0.15) is 5.69 Å². The van der Waals surface area contributed by atoms with Gasteiger partial charge in [-0.25, -0.2) is 9.97 Å². The minimum Gasteiger partial charge on any atom is -0.267 e. The van der Waals surface area contributed by atoms with Crippen molar-refractivity contribution in [1.82, 2.24) is 14.5 Å². The van der Waals surface area contributed by atoms with Gasteiger partial charge in [0.2, 0.25) is 0 Å². The van der Waals surface area contributed by atoms with Crippen LogP contribution in [0.2, 0.25) is 0 Å². The molecular formula is C20H15N3O. The Morgan fingerprint density at radius 1 is 0.875 bits per heavy atom.